The van der Waals surface area contributed by atoms with Gasteiger partial charge in [-0.25, -0.2) is 4.99 Å². The lowest BCUT2D eigenvalue weighted by Crippen LogP contribution is -2.16. The number of ether oxygens (including phenoxy) is 1. The Kier molecular flexibility index (Phi) is 7.85. The van der Waals surface area contributed by atoms with Crippen molar-refractivity contribution in [2.45, 2.75) is 52.0 Å². The molecular weight excluding hydrogens is 206 g/mol. The van der Waals surface area contributed by atoms with Gasteiger partial charge in [-0.05, 0) is 44.8 Å². The third-order valence-electron chi connectivity index (χ3n) is 2.65. The summed E-state index contributed by atoms with van der Waals surface area (Å²) in [6.45, 7) is 7.34. The summed E-state index contributed by atoms with van der Waals surface area (Å²) < 4.78 is 5.06. The minimum Gasteiger partial charge on any atom is -0.385 e. The zero-order chi connectivity index (χ0) is 11.7. The minimum absolute atomic E-state index is 0.0390. The molecule has 0 saturated heterocycles. The van der Waals surface area contributed by atoms with Gasteiger partial charge in [0, 0.05) is 13.7 Å². The Morgan fingerprint density at radius 1 is 1.40 bits per heavy atom. The lowest BCUT2D eigenvalue weighted by atomic mass is 9.93. The van der Waals surface area contributed by atoms with Crippen LogP contribution in [0.15, 0.2) is 4.99 Å². The Labute approximate surface area is 99.1 Å². The van der Waals surface area contributed by atoms with Crippen LogP contribution in [-0.2, 0) is 4.74 Å². The summed E-state index contributed by atoms with van der Waals surface area (Å²) in [7, 11) is 1.75. The van der Waals surface area contributed by atoms with E-state index >= 15 is 0 Å². The van der Waals surface area contributed by atoms with E-state index in [-0.39, 0.29) is 5.54 Å². The second kappa shape index (κ2) is 7.98. The standard InChI is InChI=1S/C12H23NOS/c1-11(7-9-14-4)6-5-8-12(2,3)13-10-15/h11H,5-9H2,1-4H3. The topological polar surface area (TPSA) is 21.6 Å². The van der Waals surface area contributed by atoms with Crippen LogP contribution in [0.1, 0.15) is 46.5 Å². The Hall–Kier alpha value is -0.240. The van der Waals surface area contributed by atoms with Gasteiger partial charge in [0.1, 0.15) is 0 Å². The first kappa shape index (κ1) is 14.8. The molecule has 15 heavy (non-hydrogen) atoms. The normalized spacial score (nSPS) is 13.3. The maximum Gasteiger partial charge on any atom is 0.0655 e. The summed E-state index contributed by atoms with van der Waals surface area (Å²) in [6, 6.07) is 0. The van der Waals surface area contributed by atoms with Gasteiger partial charge in [-0.15, -0.1) is 0 Å². The van der Waals surface area contributed by atoms with Crippen LogP contribution in [0.25, 0.3) is 0 Å². The number of isothiocyanates is 1. The second-order valence-corrected chi connectivity index (χ2v) is 4.98. The van der Waals surface area contributed by atoms with Crippen LogP contribution in [-0.4, -0.2) is 24.4 Å². The first-order valence-corrected chi connectivity index (χ1v) is 6.00. The average Bonchev–Trinajstić information content (AvgIpc) is 2.14. The van der Waals surface area contributed by atoms with Crippen molar-refractivity contribution in [2.75, 3.05) is 13.7 Å². The van der Waals surface area contributed by atoms with E-state index in [2.05, 4.69) is 43.1 Å². The van der Waals surface area contributed by atoms with Crippen LogP contribution < -0.4 is 0 Å². The molecule has 0 fully saturated rings. The summed E-state index contributed by atoms with van der Waals surface area (Å²) in [6.07, 6.45) is 4.65. The van der Waals surface area contributed by atoms with E-state index in [0.717, 1.165) is 25.4 Å². The number of thiocarbonyl (C=S) groups is 1. The molecule has 0 bridgehead atoms. The molecule has 0 radical (unpaired) electrons. The Balaban J connectivity index is 3.64. The smallest absolute Gasteiger partial charge is 0.0655 e. The molecule has 0 aliphatic carbocycles. The number of nitrogens with zero attached hydrogens (tertiary/aromatic N) is 1. The predicted molar refractivity (Wildman–Crippen MR) is 68.6 cm³/mol. The fourth-order valence-electron chi connectivity index (χ4n) is 1.53. The van der Waals surface area contributed by atoms with Crippen molar-refractivity contribution in [3.8, 4) is 0 Å². The van der Waals surface area contributed by atoms with Gasteiger partial charge >= 0.3 is 0 Å². The van der Waals surface area contributed by atoms with E-state index in [4.69, 9.17) is 4.74 Å². The molecule has 0 saturated carbocycles. The molecular formula is C12H23NOS. The molecule has 0 aliphatic rings. The van der Waals surface area contributed by atoms with Crippen LogP contribution >= 0.6 is 12.2 Å². The van der Waals surface area contributed by atoms with Gasteiger partial charge in [0.05, 0.1) is 10.7 Å². The lowest BCUT2D eigenvalue weighted by molar-refractivity contribution is 0.177. The Morgan fingerprint density at radius 2 is 2.07 bits per heavy atom. The molecule has 0 N–H and O–H groups in total. The van der Waals surface area contributed by atoms with Crippen molar-refractivity contribution < 1.29 is 4.74 Å². The summed E-state index contributed by atoms with van der Waals surface area (Å²) in [4.78, 5) is 4.16. The quantitative estimate of drug-likeness (QED) is 0.467. The summed E-state index contributed by atoms with van der Waals surface area (Å²) in [5.41, 5.74) is -0.0390. The third kappa shape index (κ3) is 8.73. The monoisotopic (exact) mass is 229 g/mol. The molecule has 3 heteroatoms. The molecule has 1 unspecified atom stereocenters. The number of aliphatic imine (C=N–C) groups is 1. The highest BCUT2D eigenvalue weighted by Gasteiger charge is 2.15. The summed E-state index contributed by atoms with van der Waals surface area (Å²) in [5.74, 6) is 0.734. The van der Waals surface area contributed by atoms with Gasteiger partial charge < -0.3 is 4.74 Å². The molecule has 1 atom stereocenters. The van der Waals surface area contributed by atoms with E-state index in [1.807, 2.05) is 0 Å². The maximum atomic E-state index is 5.06. The highest BCUT2D eigenvalue weighted by atomic mass is 32.1. The SMILES string of the molecule is COCCC(C)CCCC(C)(C)N=C=S. The zero-order valence-corrected chi connectivity index (χ0v) is 11.2. The number of hydrogen-bond donors (Lipinski definition) is 0. The highest BCUT2D eigenvalue weighted by molar-refractivity contribution is 7.78. The fourth-order valence-corrected chi connectivity index (χ4v) is 1.77. The molecule has 0 heterocycles. The molecule has 0 aromatic heterocycles. The van der Waals surface area contributed by atoms with Crippen LogP contribution in [0.3, 0.4) is 0 Å². The number of hydrogen-bond acceptors (Lipinski definition) is 3. The van der Waals surface area contributed by atoms with E-state index in [1.54, 1.807) is 7.11 Å². The van der Waals surface area contributed by atoms with Crippen molar-refractivity contribution in [3.05, 3.63) is 0 Å². The number of rotatable bonds is 8. The van der Waals surface area contributed by atoms with Gasteiger partial charge in [-0.3, -0.25) is 0 Å². The van der Waals surface area contributed by atoms with E-state index < -0.39 is 0 Å². The summed E-state index contributed by atoms with van der Waals surface area (Å²) >= 11 is 4.63. The van der Waals surface area contributed by atoms with Crippen molar-refractivity contribution in [2.24, 2.45) is 10.9 Å². The average molecular weight is 229 g/mol. The van der Waals surface area contributed by atoms with E-state index in [9.17, 15) is 0 Å². The largest absolute Gasteiger partial charge is 0.385 e. The van der Waals surface area contributed by atoms with Gasteiger partial charge in [-0.1, -0.05) is 19.8 Å². The first-order valence-electron chi connectivity index (χ1n) is 5.60. The van der Waals surface area contributed by atoms with Crippen molar-refractivity contribution >= 4 is 17.4 Å². The first-order chi connectivity index (χ1) is 7.02. The fraction of sp³-hybridized carbons (Fsp3) is 0.917. The van der Waals surface area contributed by atoms with E-state index in [0.29, 0.717) is 0 Å². The van der Waals surface area contributed by atoms with Crippen LogP contribution in [0.5, 0.6) is 0 Å². The van der Waals surface area contributed by atoms with Gasteiger partial charge in [-0.2, -0.15) is 0 Å². The Morgan fingerprint density at radius 3 is 2.60 bits per heavy atom. The third-order valence-corrected chi connectivity index (χ3v) is 2.74. The van der Waals surface area contributed by atoms with Gasteiger partial charge in [0.2, 0.25) is 0 Å². The zero-order valence-electron chi connectivity index (χ0n) is 10.4. The van der Waals surface area contributed by atoms with Crippen molar-refractivity contribution in [1.29, 1.82) is 0 Å². The molecule has 0 amide bonds. The molecule has 0 rings (SSSR count). The second-order valence-electron chi connectivity index (χ2n) is 4.79. The lowest BCUT2D eigenvalue weighted by Gasteiger charge is -2.18. The molecule has 0 spiro atoms. The molecule has 88 valence electrons. The van der Waals surface area contributed by atoms with Crippen molar-refractivity contribution in [1.82, 2.24) is 0 Å². The minimum atomic E-state index is -0.0390. The Bertz CT molecular complexity index is 210. The maximum absolute atomic E-state index is 5.06. The van der Waals surface area contributed by atoms with Gasteiger partial charge in [0.25, 0.3) is 0 Å². The van der Waals surface area contributed by atoms with Crippen molar-refractivity contribution in [3.63, 3.8) is 0 Å². The molecule has 0 aliphatic heterocycles. The molecule has 2 nitrogen and oxygen atoms in total. The van der Waals surface area contributed by atoms with Gasteiger partial charge in [0.15, 0.2) is 0 Å². The van der Waals surface area contributed by atoms with E-state index in [1.165, 1.54) is 12.8 Å². The predicted octanol–water partition coefficient (Wildman–Crippen LogP) is 3.71. The highest BCUT2D eigenvalue weighted by Crippen LogP contribution is 2.20. The summed E-state index contributed by atoms with van der Waals surface area (Å²) in [5, 5.41) is 2.47. The molecule has 0 aromatic carbocycles. The van der Waals surface area contributed by atoms with Crippen LogP contribution in [0, 0.1) is 5.92 Å². The number of methoxy groups -OCH3 is 1. The molecule has 0 aromatic rings. The van der Waals surface area contributed by atoms with Crippen LogP contribution in [0.2, 0.25) is 0 Å². The van der Waals surface area contributed by atoms with Crippen LogP contribution in [0.4, 0.5) is 0 Å².